The van der Waals surface area contributed by atoms with Gasteiger partial charge in [-0.05, 0) is 31.5 Å². The van der Waals surface area contributed by atoms with Gasteiger partial charge in [0, 0.05) is 18.3 Å². The first-order chi connectivity index (χ1) is 10.5. The molecule has 1 aromatic carbocycles. The van der Waals surface area contributed by atoms with Crippen LogP contribution < -0.4 is 0 Å². The number of hydrogen-bond donors (Lipinski definition) is 1. The minimum Gasteiger partial charge on any atom is -0.481 e. The molecule has 5 heteroatoms. The highest BCUT2D eigenvalue weighted by Gasteiger charge is 2.14. The highest BCUT2D eigenvalue weighted by molar-refractivity contribution is 5.78. The molecule has 0 aliphatic heterocycles. The Balaban J connectivity index is 2.18. The quantitative estimate of drug-likeness (QED) is 0.802. The summed E-state index contributed by atoms with van der Waals surface area (Å²) in [6.07, 6.45) is 1.82. The van der Waals surface area contributed by atoms with Gasteiger partial charge in [-0.3, -0.25) is 4.79 Å². The van der Waals surface area contributed by atoms with Crippen molar-refractivity contribution >= 4 is 17.1 Å². The third kappa shape index (κ3) is 2.70. The molecule has 0 aliphatic carbocycles. The number of carboxylic acids is 1. The molecule has 0 unspecified atom stereocenters. The number of aryl methyl sites for hydroxylation is 3. The molecule has 3 rings (SSSR count). The molecule has 2 aromatic heterocycles. The topological polar surface area (TPSA) is 68.0 Å². The zero-order valence-corrected chi connectivity index (χ0v) is 12.6. The van der Waals surface area contributed by atoms with Crippen molar-refractivity contribution in [3.8, 4) is 11.4 Å². The zero-order chi connectivity index (χ0) is 15.7. The zero-order valence-electron chi connectivity index (χ0n) is 12.6. The normalized spacial score (nSPS) is 11.0. The van der Waals surface area contributed by atoms with Crippen molar-refractivity contribution in [2.24, 2.45) is 0 Å². The Hall–Kier alpha value is -2.69. The van der Waals surface area contributed by atoms with E-state index in [1.54, 1.807) is 6.20 Å². The fourth-order valence-electron chi connectivity index (χ4n) is 2.54. The molecule has 0 spiro atoms. The van der Waals surface area contributed by atoms with E-state index in [0.29, 0.717) is 6.54 Å². The number of carbonyl (C=O) groups is 1. The predicted molar refractivity (Wildman–Crippen MR) is 84.7 cm³/mol. The van der Waals surface area contributed by atoms with Gasteiger partial charge in [-0.15, -0.1) is 0 Å². The SMILES string of the molecule is Cc1cccc(-c2nc3cc(C)cnc3n2CCC(=O)O)c1. The van der Waals surface area contributed by atoms with Crippen LogP contribution in [0, 0.1) is 13.8 Å². The second-order valence-electron chi connectivity index (χ2n) is 5.46. The lowest BCUT2D eigenvalue weighted by Gasteiger charge is -2.08. The standard InChI is InChI=1S/C17H17N3O2/c1-11-4-3-5-13(8-11)16-19-14-9-12(2)10-18-17(14)20(16)7-6-15(21)22/h3-5,8-10H,6-7H2,1-2H3,(H,21,22). The maximum absolute atomic E-state index is 10.9. The molecule has 0 radical (unpaired) electrons. The first-order valence-electron chi connectivity index (χ1n) is 7.16. The molecule has 0 atom stereocenters. The van der Waals surface area contributed by atoms with Gasteiger partial charge < -0.3 is 9.67 Å². The first-order valence-corrected chi connectivity index (χ1v) is 7.16. The van der Waals surface area contributed by atoms with E-state index < -0.39 is 5.97 Å². The Morgan fingerprint density at radius 3 is 2.77 bits per heavy atom. The number of fused-ring (bicyclic) bond motifs is 1. The number of imidazole rings is 1. The number of rotatable bonds is 4. The van der Waals surface area contributed by atoms with E-state index in [4.69, 9.17) is 5.11 Å². The molecule has 22 heavy (non-hydrogen) atoms. The highest BCUT2D eigenvalue weighted by Crippen LogP contribution is 2.25. The molecular weight excluding hydrogens is 278 g/mol. The van der Waals surface area contributed by atoms with E-state index in [0.717, 1.165) is 33.7 Å². The average molecular weight is 295 g/mol. The van der Waals surface area contributed by atoms with Gasteiger partial charge in [-0.2, -0.15) is 0 Å². The molecule has 0 amide bonds. The van der Waals surface area contributed by atoms with Crippen LogP contribution in [-0.2, 0) is 11.3 Å². The minimum absolute atomic E-state index is 0.0415. The van der Waals surface area contributed by atoms with Crippen LogP contribution in [0.3, 0.4) is 0 Å². The van der Waals surface area contributed by atoms with Crippen LogP contribution in [0.15, 0.2) is 36.5 Å². The van der Waals surface area contributed by atoms with Crippen LogP contribution in [0.2, 0.25) is 0 Å². The summed E-state index contributed by atoms with van der Waals surface area (Å²) < 4.78 is 1.89. The molecule has 2 heterocycles. The average Bonchev–Trinajstić information content (AvgIpc) is 2.82. The van der Waals surface area contributed by atoms with Gasteiger partial charge in [-0.1, -0.05) is 23.8 Å². The summed E-state index contributed by atoms with van der Waals surface area (Å²) >= 11 is 0. The Morgan fingerprint density at radius 1 is 1.23 bits per heavy atom. The van der Waals surface area contributed by atoms with E-state index in [9.17, 15) is 4.79 Å². The fraction of sp³-hybridized carbons (Fsp3) is 0.235. The maximum Gasteiger partial charge on any atom is 0.305 e. The molecule has 0 aliphatic rings. The minimum atomic E-state index is -0.829. The summed E-state index contributed by atoms with van der Waals surface area (Å²) in [5.74, 6) is -0.0674. The van der Waals surface area contributed by atoms with E-state index >= 15 is 0 Å². The Bertz CT molecular complexity index is 852. The fourth-order valence-corrected chi connectivity index (χ4v) is 2.54. The summed E-state index contributed by atoms with van der Waals surface area (Å²) in [5, 5.41) is 8.98. The van der Waals surface area contributed by atoms with Gasteiger partial charge >= 0.3 is 5.97 Å². The van der Waals surface area contributed by atoms with E-state index in [-0.39, 0.29) is 6.42 Å². The van der Waals surface area contributed by atoms with Crippen LogP contribution in [0.5, 0.6) is 0 Å². The lowest BCUT2D eigenvalue weighted by Crippen LogP contribution is -2.06. The third-order valence-electron chi connectivity index (χ3n) is 3.55. The lowest BCUT2D eigenvalue weighted by molar-refractivity contribution is -0.137. The van der Waals surface area contributed by atoms with Crippen molar-refractivity contribution in [3.05, 3.63) is 47.7 Å². The second-order valence-corrected chi connectivity index (χ2v) is 5.46. The summed E-state index contributed by atoms with van der Waals surface area (Å²) in [6.45, 7) is 4.34. The summed E-state index contributed by atoms with van der Waals surface area (Å²) in [7, 11) is 0. The van der Waals surface area contributed by atoms with Gasteiger partial charge in [0.05, 0.1) is 6.42 Å². The monoisotopic (exact) mass is 295 g/mol. The number of aliphatic carboxylic acids is 1. The van der Waals surface area contributed by atoms with Gasteiger partial charge in [0.1, 0.15) is 11.3 Å². The van der Waals surface area contributed by atoms with Crippen molar-refractivity contribution in [2.45, 2.75) is 26.8 Å². The number of carboxylic acid groups (broad SMARTS) is 1. The van der Waals surface area contributed by atoms with Crippen molar-refractivity contribution in [2.75, 3.05) is 0 Å². The van der Waals surface area contributed by atoms with E-state index in [1.807, 2.05) is 48.7 Å². The van der Waals surface area contributed by atoms with Gasteiger partial charge in [0.25, 0.3) is 0 Å². The Labute approximate surface area is 128 Å². The lowest BCUT2D eigenvalue weighted by atomic mass is 10.1. The van der Waals surface area contributed by atoms with Crippen molar-refractivity contribution in [1.29, 1.82) is 0 Å². The molecule has 0 saturated carbocycles. The third-order valence-corrected chi connectivity index (χ3v) is 3.55. The van der Waals surface area contributed by atoms with Crippen LogP contribution in [-0.4, -0.2) is 25.6 Å². The first kappa shape index (κ1) is 14.3. The van der Waals surface area contributed by atoms with Gasteiger partial charge in [-0.25, -0.2) is 9.97 Å². The molecule has 5 nitrogen and oxygen atoms in total. The molecule has 3 aromatic rings. The number of benzene rings is 1. The molecule has 112 valence electrons. The molecule has 0 bridgehead atoms. The van der Waals surface area contributed by atoms with Gasteiger partial charge in [0.2, 0.25) is 0 Å². The van der Waals surface area contributed by atoms with Crippen LogP contribution in [0.25, 0.3) is 22.6 Å². The molecular formula is C17H17N3O2. The molecule has 0 saturated heterocycles. The van der Waals surface area contributed by atoms with E-state index in [2.05, 4.69) is 9.97 Å². The molecule has 0 fully saturated rings. The second kappa shape index (κ2) is 5.60. The predicted octanol–water partition coefficient (Wildman–Crippen LogP) is 3.19. The number of nitrogens with zero attached hydrogens (tertiary/aromatic N) is 3. The maximum atomic E-state index is 10.9. The largest absolute Gasteiger partial charge is 0.481 e. The Kier molecular flexibility index (Phi) is 3.63. The van der Waals surface area contributed by atoms with Gasteiger partial charge in [0.15, 0.2) is 5.65 Å². The summed E-state index contributed by atoms with van der Waals surface area (Å²) in [5.41, 5.74) is 4.66. The number of pyridine rings is 1. The summed E-state index contributed by atoms with van der Waals surface area (Å²) in [6, 6.07) is 10.0. The van der Waals surface area contributed by atoms with Crippen LogP contribution in [0.4, 0.5) is 0 Å². The van der Waals surface area contributed by atoms with Crippen molar-refractivity contribution < 1.29 is 9.90 Å². The van der Waals surface area contributed by atoms with E-state index in [1.165, 1.54) is 0 Å². The molecule has 1 N–H and O–H groups in total. The van der Waals surface area contributed by atoms with Crippen LogP contribution in [0.1, 0.15) is 17.5 Å². The highest BCUT2D eigenvalue weighted by atomic mass is 16.4. The van der Waals surface area contributed by atoms with Crippen LogP contribution >= 0.6 is 0 Å². The smallest absolute Gasteiger partial charge is 0.305 e. The number of hydrogen-bond acceptors (Lipinski definition) is 3. The summed E-state index contributed by atoms with van der Waals surface area (Å²) in [4.78, 5) is 20.0. The van der Waals surface area contributed by atoms with Crippen molar-refractivity contribution in [3.63, 3.8) is 0 Å². The Morgan fingerprint density at radius 2 is 2.05 bits per heavy atom. The van der Waals surface area contributed by atoms with Crippen molar-refractivity contribution in [1.82, 2.24) is 14.5 Å². The number of aromatic nitrogens is 3.